The van der Waals surface area contributed by atoms with Gasteiger partial charge in [0.2, 0.25) is 0 Å². The molecular weight excluding hydrogens is 322 g/mol. The van der Waals surface area contributed by atoms with E-state index in [0.29, 0.717) is 24.0 Å². The van der Waals surface area contributed by atoms with Crippen LogP contribution in [0.1, 0.15) is 25.8 Å². The van der Waals surface area contributed by atoms with Crippen LogP contribution in [0.15, 0.2) is 16.6 Å². The Bertz CT molecular complexity index is 424. The number of hydrogen-bond acceptors (Lipinski definition) is 4. The molecule has 0 aliphatic rings. The predicted molar refractivity (Wildman–Crippen MR) is 84.4 cm³/mol. The third-order valence-electron chi connectivity index (χ3n) is 3.11. The number of rotatable bonds is 8. The zero-order chi connectivity index (χ0) is 15.1. The molecular formula is C15H24BrNO3. The van der Waals surface area contributed by atoms with Crippen LogP contribution in [-0.2, 0) is 6.54 Å². The van der Waals surface area contributed by atoms with Gasteiger partial charge in [-0.1, -0.05) is 29.8 Å². The van der Waals surface area contributed by atoms with E-state index in [1.54, 1.807) is 14.2 Å². The van der Waals surface area contributed by atoms with Gasteiger partial charge in [-0.3, -0.25) is 0 Å². The van der Waals surface area contributed by atoms with Crippen LogP contribution in [0.2, 0.25) is 0 Å². The number of aliphatic hydroxyl groups excluding tert-OH is 1. The maximum Gasteiger partial charge on any atom is 0.161 e. The minimum absolute atomic E-state index is 0.106. The minimum atomic E-state index is 0.106. The summed E-state index contributed by atoms with van der Waals surface area (Å²) < 4.78 is 11.5. The monoisotopic (exact) mass is 345 g/mol. The SMILES string of the molecule is COc1cc(Br)c(CNC(CO)CC(C)C)cc1OC. The molecule has 1 aromatic rings. The van der Waals surface area contributed by atoms with Gasteiger partial charge in [0, 0.05) is 17.1 Å². The standard InChI is InChI=1S/C15H24BrNO3/c1-10(2)5-12(9-18)17-8-11-6-14(19-3)15(20-4)7-13(11)16/h6-7,10,12,17-18H,5,8-9H2,1-4H3. The van der Waals surface area contributed by atoms with E-state index < -0.39 is 0 Å². The number of hydrogen-bond donors (Lipinski definition) is 2. The second-order valence-corrected chi connectivity index (χ2v) is 6.04. The van der Waals surface area contributed by atoms with Crippen molar-refractivity contribution in [2.45, 2.75) is 32.9 Å². The van der Waals surface area contributed by atoms with Crippen LogP contribution in [0, 0.1) is 5.92 Å². The summed E-state index contributed by atoms with van der Waals surface area (Å²) in [5.74, 6) is 1.95. The average molecular weight is 346 g/mol. The number of methoxy groups -OCH3 is 2. The first kappa shape index (κ1) is 17.3. The van der Waals surface area contributed by atoms with E-state index in [4.69, 9.17) is 9.47 Å². The molecule has 0 amide bonds. The second-order valence-electron chi connectivity index (χ2n) is 5.19. The lowest BCUT2D eigenvalue weighted by Gasteiger charge is -2.19. The maximum atomic E-state index is 9.39. The lowest BCUT2D eigenvalue weighted by Crippen LogP contribution is -2.33. The summed E-state index contributed by atoms with van der Waals surface area (Å²) in [7, 11) is 3.24. The summed E-state index contributed by atoms with van der Waals surface area (Å²) in [6, 6.07) is 3.95. The molecule has 2 N–H and O–H groups in total. The molecule has 1 rings (SSSR count). The molecule has 1 aromatic carbocycles. The Hall–Kier alpha value is -0.780. The van der Waals surface area contributed by atoms with Crippen LogP contribution in [-0.4, -0.2) is 32.0 Å². The second kappa shape index (κ2) is 8.49. The van der Waals surface area contributed by atoms with Gasteiger partial charge >= 0.3 is 0 Å². The molecule has 1 atom stereocenters. The molecule has 0 saturated heterocycles. The summed E-state index contributed by atoms with van der Waals surface area (Å²) in [5, 5.41) is 12.8. The third kappa shape index (κ3) is 4.96. The average Bonchev–Trinajstić information content (AvgIpc) is 2.43. The summed E-state index contributed by atoms with van der Waals surface area (Å²) in [4.78, 5) is 0. The van der Waals surface area contributed by atoms with Crippen LogP contribution in [0.3, 0.4) is 0 Å². The van der Waals surface area contributed by atoms with E-state index in [-0.39, 0.29) is 12.6 Å². The van der Waals surface area contributed by atoms with Gasteiger partial charge < -0.3 is 19.9 Å². The Balaban J connectivity index is 2.76. The zero-order valence-corrected chi connectivity index (χ0v) is 14.2. The van der Waals surface area contributed by atoms with Crippen LogP contribution < -0.4 is 14.8 Å². The van der Waals surface area contributed by atoms with E-state index >= 15 is 0 Å². The van der Waals surface area contributed by atoms with Gasteiger partial charge in [-0.25, -0.2) is 0 Å². The van der Waals surface area contributed by atoms with Crippen molar-refractivity contribution >= 4 is 15.9 Å². The molecule has 20 heavy (non-hydrogen) atoms. The maximum absolute atomic E-state index is 9.39. The smallest absolute Gasteiger partial charge is 0.161 e. The van der Waals surface area contributed by atoms with Gasteiger partial charge in [0.15, 0.2) is 11.5 Å². The molecule has 0 saturated carbocycles. The lowest BCUT2D eigenvalue weighted by atomic mass is 10.0. The minimum Gasteiger partial charge on any atom is -0.493 e. The van der Waals surface area contributed by atoms with Crippen LogP contribution in [0.25, 0.3) is 0 Å². The number of ether oxygens (including phenoxy) is 2. The molecule has 114 valence electrons. The first-order chi connectivity index (χ1) is 9.51. The Morgan fingerprint density at radius 3 is 2.30 bits per heavy atom. The number of aliphatic hydroxyl groups is 1. The Kier molecular flexibility index (Phi) is 7.34. The highest BCUT2D eigenvalue weighted by Crippen LogP contribution is 2.33. The fraction of sp³-hybridized carbons (Fsp3) is 0.600. The normalized spacial score (nSPS) is 12.6. The van der Waals surface area contributed by atoms with Crippen molar-refractivity contribution in [2.24, 2.45) is 5.92 Å². The van der Waals surface area contributed by atoms with Crippen molar-refractivity contribution in [3.8, 4) is 11.5 Å². The molecule has 0 aliphatic carbocycles. The first-order valence-corrected chi connectivity index (χ1v) is 7.55. The number of nitrogens with one attached hydrogen (secondary N) is 1. The predicted octanol–water partition coefficient (Wildman–Crippen LogP) is 2.96. The highest BCUT2D eigenvalue weighted by molar-refractivity contribution is 9.10. The van der Waals surface area contributed by atoms with Crippen molar-refractivity contribution in [3.63, 3.8) is 0 Å². The van der Waals surface area contributed by atoms with E-state index in [1.165, 1.54) is 0 Å². The molecule has 0 aliphatic heterocycles. The van der Waals surface area contributed by atoms with Crippen molar-refractivity contribution in [1.82, 2.24) is 5.32 Å². The van der Waals surface area contributed by atoms with Crippen LogP contribution >= 0.6 is 15.9 Å². The molecule has 5 heteroatoms. The van der Waals surface area contributed by atoms with E-state index in [0.717, 1.165) is 16.5 Å². The molecule has 0 heterocycles. The number of benzene rings is 1. The van der Waals surface area contributed by atoms with Gasteiger partial charge in [-0.15, -0.1) is 0 Å². The lowest BCUT2D eigenvalue weighted by molar-refractivity contribution is 0.223. The van der Waals surface area contributed by atoms with Gasteiger partial charge in [0.1, 0.15) is 0 Å². The van der Waals surface area contributed by atoms with Gasteiger partial charge in [-0.05, 0) is 30.0 Å². The van der Waals surface area contributed by atoms with Gasteiger partial charge in [0.05, 0.1) is 20.8 Å². The Labute approximate surface area is 129 Å². The Morgan fingerprint density at radius 2 is 1.80 bits per heavy atom. The fourth-order valence-corrected chi connectivity index (χ4v) is 2.54. The van der Waals surface area contributed by atoms with Crippen molar-refractivity contribution in [2.75, 3.05) is 20.8 Å². The highest BCUT2D eigenvalue weighted by atomic mass is 79.9. The van der Waals surface area contributed by atoms with E-state index in [9.17, 15) is 5.11 Å². The molecule has 0 bridgehead atoms. The zero-order valence-electron chi connectivity index (χ0n) is 12.6. The van der Waals surface area contributed by atoms with Crippen molar-refractivity contribution in [1.29, 1.82) is 0 Å². The molecule has 0 aromatic heterocycles. The van der Waals surface area contributed by atoms with E-state index in [2.05, 4.69) is 35.1 Å². The fourth-order valence-electron chi connectivity index (χ4n) is 2.08. The number of halogens is 1. The topological polar surface area (TPSA) is 50.7 Å². The summed E-state index contributed by atoms with van der Waals surface area (Å²) in [6.07, 6.45) is 0.946. The van der Waals surface area contributed by atoms with Gasteiger partial charge in [0.25, 0.3) is 0 Å². The molecule has 4 nitrogen and oxygen atoms in total. The highest BCUT2D eigenvalue weighted by Gasteiger charge is 2.13. The van der Waals surface area contributed by atoms with Crippen LogP contribution in [0.5, 0.6) is 11.5 Å². The summed E-state index contributed by atoms with van der Waals surface area (Å²) in [6.45, 7) is 5.11. The molecule has 0 spiro atoms. The Morgan fingerprint density at radius 1 is 1.20 bits per heavy atom. The largest absolute Gasteiger partial charge is 0.493 e. The molecule has 0 fully saturated rings. The van der Waals surface area contributed by atoms with Crippen molar-refractivity contribution in [3.05, 3.63) is 22.2 Å². The first-order valence-electron chi connectivity index (χ1n) is 6.76. The summed E-state index contributed by atoms with van der Waals surface area (Å²) in [5.41, 5.74) is 1.07. The van der Waals surface area contributed by atoms with Gasteiger partial charge in [-0.2, -0.15) is 0 Å². The van der Waals surface area contributed by atoms with Crippen LogP contribution in [0.4, 0.5) is 0 Å². The summed E-state index contributed by atoms with van der Waals surface area (Å²) >= 11 is 3.54. The third-order valence-corrected chi connectivity index (χ3v) is 3.85. The quantitative estimate of drug-likeness (QED) is 0.760. The molecule has 1 unspecified atom stereocenters. The molecule has 0 radical (unpaired) electrons. The van der Waals surface area contributed by atoms with Crippen molar-refractivity contribution < 1.29 is 14.6 Å². The van der Waals surface area contributed by atoms with E-state index in [1.807, 2.05) is 12.1 Å².